The molecule has 0 aliphatic rings. The van der Waals surface area contributed by atoms with E-state index in [4.69, 9.17) is 10.6 Å². The minimum atomic E-state index is 0.248. The molecular weight excluding hydrogens is 260 g/mol. The molecule has 0 aliphatic heterocycles. The first kappa shape index (κ1) is 12.4. The molecule has 9 heteroatoms. The van der Waals surface area contributed by atoms with E-state index in [2.05, 4.69) is 37.6 Å². The number of nitrogens with two attached hydrogens (primary N) is 1. The van der Waals surface area contributed by atoms with Gasteiger partial charge in [0.2, 0.25) is 11.8 Å². The number of hydrogen-bond donors (Lipinski definition) is 3. The van der Waals surface area contributed by atoms with Gasteiger partial charge in [-0.25, -0.2) is 5.84 Å². The second-order valence-electron chi connectivity index (χ2n) is 4.17. The Morgan fingerprint density at radius 3 is 3.10 bits per heavy atom. The number of aromatic nitrogens is 6. The zero-order valence-corrected chi connectivity index (χ0v) is 10.9. The van der Waals surface area contributed by atoms with Gasteiger partial charge >= 0.3 is 0 Å². The highest BCUT2D eigenvalue weighted by atomic mass is 16.5. The average molecular weight is 274 g/mol. The van der Waals surface area contributed by atoms with Crippen LogP contribution in [0, 0.1) is 0 Å². The number of nitrogens with one attached hydrogen (secondary N) is 2. The number of aryl methyl sites for hydroxylation is 1. The Kier molecular flexibility index (Phi) is 3.17. The lowest BCUT2D eigenvalue weighted by Gasteiger charge is -2.05. The fourth-order valence-corrected chi connectivity index (χ4v) is 1.81. The van der Waals surface area contributed by atoms with E-state index in [1.54, 1.807) is 12.4 Å². The fourth-order valence-electron chi connectivity index (χ4n) is 1.81. The molecule has 9 nitrogen and oxygen atoms in total. The molecule has 0 aliphatic carbocycles. The molecule has 4 N–H and O–H groups in total. The number of rotatable bonds is 5. The number of ether oxygens (including phenoxy) is 1. The molecule has 3 aromatic heterocycles. The summed E-state index contributed by atoms with van der Waals surface area (Å²) < 4.78 is 7.54. The van der Waals surface area contributed by atoms with E-state index in [0.29, 0.717) is 22.7 Å². The van der Waals surface area contributed by atoms with Crippen molar-refractivity contribution in [1.82, 2.24) is 29.9 Å². The molecular formula is C11H14N8O. The SMILES string of the molecule is CCCn1cc(Oc2nc(NN)nc3[nH]ncc23)cn1. The van der Waals surface area contributed by atoms with E-state index >= 15 is 0 Å². The summed E-state index contributed by atoms with van der Waals surface area (Å²) in [6.07, 6.45) is 6.05. The molecule has 0 unspecified atom stereocenters. The lowest BCUT2D eigenvalue weighted by atomic mass is 10.4. The largest absolute Gasteiger partial charge is 0.435 e. The summed E-state index contributed by atoms with van der Waals surface area (Å²) in [6, 6.07) is 0. The fraction of sp³-hybridized carbons (Fsp3) is 0.273. The zero-order chi connectivity index (χ0) is 13.9. The standard InChI is InChI=1S/C11H14N8O/c1-2-3-19-6-7(4-14-19)20-10-8-5-13-18-9(8)15-11(16-10)17-12/h4-6H,2-3,12H2,1H3,(H2,13,15,16,17,18). The number of nitrogen functional groups attached to an aromatic ring is 1. The monoisotopic (exact) mass is 274 g/mol. The van der Waals surface area contributed by atoms with Gasteiger partial charge in [-0.2, -0.15) is 20.2 Å². The van der Waals surface area contributed by atoms with E-state index < -0.39 is 0 Å². The van der Waals surface area contributed by atoms with Crippen LogP contribution in [0.1, 0.15) is 13.3 Å². The second kappa shape index (κ2) is 5.13. The maximum absolute atomic E-state index is 5.73. The Morgan fingerprint density at radius 1 is 1.40 bits per heavy atom. The topological polar surface area (TPSA) is 120 Å². The van der Waals surface area contributed by atoms with Crippen molar-refractivity contribution in [1.29, 1.82) is 0 Å². The number of fused-ring (bicyclic) bond motifs is 1. The van der Waals surface area contributed by atoms with Crippen molar-refractivity contribution in [3.05, 3.63) is 18.6 Å². The first-order valence-corrected chi connectivity index (χ1v) is 6.18. The third-order valence-corrected chi connectivity index (χ3v) is 2.68. The van der Waals surface area contributed by atoms with Crippen molar-refractivity contribution in [3.8, 4) is 11.6 Å². The minimum absolute atomic E-state index is 0.248. The molecule has 0 spiro atoms. The molecule has 0 atom stereocenters. The minimum Gasteiger partial charge on any atom is -0.435 e. The quantitative estimate of drug-likeness (QED) is 0.469. The van der Waals surface area contributed by atoms with Crippen LogP contribution in [-0.2, 0) is 6.54 Å². The highest BCUT2D eigenvalue weighted by molar-refractivity contribution is 5.80. The maximum Gasteiger partial charge on any atom is 0.242 e. The van der Waals surface area contributed by atoms with Gasteiger partial charge in [0.05, 0.1) is 18.6 Å². The number of hydrogen-bond acceptors (Lipinski definition) is 7. The molecule has 0 aromatic carbocycles. The molecule has 3 aromatic rings. The number of H-pyrrole nitrogens is 1. The average Bonchev–Trinajstić information content (AvgIpc) is 3.08. The van der Waals surface area contributed by atoms with Gasteiger partial charge in [0.25, 0.3) is 0 Å². The Balaban J connectivity index is 1.94. The van der Waals surface area contributed by atoms with Crippen molar-refractivity contribution < 1.29 is 4.74 Å². The molecule has 104 valence electrons. The Labute approximate surface area is 114 Å². The highest BCUT2D eigenvalue weighted by Crippen LogP contribution is 2.26. The predicted octanol–water partition coefficient (Wildman–Crippen LogP) is 1.04. The lowest BCUT2D eigenvalue weighted by molar-refractivity contribution is 0.467. The van der Waals surface area contributed by atoms with Crippen LogP contribution >= 0.6 is 0 Å². The first-order valence-electron chi connectivity index (χ1n) is 6.18. The van der Waals surface area contributed by atoms with Gasteiger partial charge in [0, 0.05) is 6.54 Å². The smallest absolute Gasteiger partial charge is 0.242 e. The van der Waals surface area contributed by atoms with Gasteiger partial charge in [-0.05, 0) is 6.42 Å². The van der Waals surface area contributed by atoms with Gasteiger partial charge in [-0.3, -0.25) is 15.2 Å². The highest BCUT2D eigenvalue weighted by Gasteiger charge is 2.12. The van der Waals surface area contributed by atoms with Crippen LogP contribution in [0.25, 0.3) is 11.0 Å². The summed E-state index contributed by atoms with van der Waals surface area (Å²) >= 11 is 0. The van der Waals surface area contributed by atoms with Crippen LogP contribution in [0.4, 0.5) is 5.95 Å². The van der Waals surface area contributed by atoms with E-state index in [9.17, 15) is 0 Å². The van der Waals surface area contributed by atoms with Gasteiger partial charge in [0.1, 0.15) is 5.39 Å². The van der Waals surface area contributed by atoms with Crippen molar-refractivity contribution in [3.63, 3.8) is 0 Å². The van der Waals surface area contributed by atoms with Crippen LogP contribution < -0.4 is 16.0 Å². The Hall–Kier alpha value is -2.68. The van der Waals surface area contributed by atoms with Crippen LogP contribution in [0.3, 0.4) is 0 Å². The van der Waals surface area contributed by atoms with E-state index in [1.807, 2.05) is 10.9 Å². The summed E-state index contributed by atoms with van der Waals surface area (Å²) in [5.74, 6) is 6.55. The summed E-state index contributed by atoms with van der Waals surface area (Å²) in [7, 11) is 0. The van der Waals surface area contributed by atoms with Gasteiger partial charge in [-0.1, -0.05) is 6.92 Å². The number of anilines is 1. The first-order chi connectivity index (χ1) is 9.80. The molecule has 0 saturated carbocycles. The molecule has 0 fully saturated rings. The molecule has 0 amide bonds. The van der Waals surface area contributed by atoms with Crippen molar-refractivity contribution in [2.24, 2.45) is 5.84 Å². The summed E-state index contributed by atoms with van der Waals surface area (Å²) in [6.45, 7) is 2.92. The van der Waals surface area contributed by atoms with Crippen LogP contribution in [0.2, 0.25) is 0 Å². The molecule has 0 bridgehead atoms. The lowest BCUT2D eigenvalue weighted by Crippen LogP contribution is -2.10. The van der Waals surface area contributed by atoms with Gasteiger partial charge < -0.3 is 4.74 Å². The van der Waals surface area contributed by atoms with Crippen LogP contribution in [0.5, 0.6) is 11.6 Å². The molecule has 0 saturated heterocycles. The van der Waals surface area contributed by atoms with Crippen LogP contribution in [0.15, 0.2) is 18.6 Å². The summed E-state index contributed by atoms with van der Waals surface area (Å²) in [4.78, 5) is 8.30. The molecule has 0 radical (unpaired) electrons. The van der Waals surface area contributed by atoms with Gasteiger partial charge in [0.15, 0.2) is 11.4 Å². The summed E-state index contributed by atoms with van der Waals surface area (Å²) in [5.41, 5.74) is 2.94. The Bertz CT molecular complexity index is 718. The molecule has 20 heavy (non-hydrogen) atoms. The predicted molar refractivity (Wildman–Crippen MR) is 72.1 cm³/mol. The number of aromatic amines is 1. The van der Waals surface area contributed by atoms with Crippen molar-refractivity contribution in [2.45, 2.75) is 19.9 Å². The summed E-state index contributed by atoms with van der Waals surface area (Å²) in [5, 5.41) is 11.5. The number of hydrazine groups is 1. The van der Waals surface area contributed by atoms with Gasteiger partial charge in [-0.15, -0.1) is 0 Å². The Morgan fingerprint density at radius 2 is 2.30 bits per heavy atom. The molecule has 3 rings (SSSR count). The second-order valence-corrected chi connectivity index (χ2v) is 4.17. The van der Waals surface area contributed by atoms with Crippen LogP contribution in [-0.4, -0.2) is 29.9 Å². The maximum atomic E-state index is 5.73. The molecule has 3 heterocycles. The van der Waals surface area contributed by atoms with E-state index in [1.165, 1.54) is 0 Å². The normalized spacial score (nSPS) is 10.9. The zero-order valence-electron chi connectivity index (χ0n) is 10.9. The third-order valence-electron chi connectivity index (χ3n) is 2.68. The third kappa shape index (κ3) is 2.26. The van der Waals surface area contributed by atoms with Crippen molar-refractivity contribution >= 4 is 17.0 Å². The number of nitrogens with zero attached hydrogens (tertiary/aromatic N) is 5. The van der Waals surface area contributed by atoms with Crippen molar-refractivity contribution in [2.75, 3.05) is 5.43 Å². The van der Waals surface area contributed by atoms with E-state index in [-0.39, 0.29) is 5.95 Å². The van der Waals surface area contributed by atoms with E-state index in [0.717, 1.165) is 13.0 Å².